The molecule has 0 aliphatic rings. The van der Waals surface area contributed by atoms with Crippen LogP contribution in [0.1, 0.15) is 21.9 Å². The molecule has 0 saturated carbocycles. The highest BCUT2D eigenvalue weighted by Crippen LogP contribution is 2.09. The summed E-state index contributed by atoms with van der Waals surface area (Å²) >= 11 is 0. The average Bonchev–Trinajstić information content (AvgIpc) is 2.88. The standard InChI is InChI=1S/C14H15NO3/c1-17-14(16)13-8-7-12(18-13)10-15-9-11-5-3-2-4-6-11/h2-8,15H,9-10H2,1H3. The maximum atomic E-state index is 11.2. The Labute approximate surface area is 106 Å². The van der Waals surface area contributed by atoms with E-state index in [1.54, 1.807) is 12.1 Å². The number of carbonyl (C=O) groups is 1. The van der Waals surface area contributed by atoms with Crippen molar-refractivity contribution in [2.24, 2.45) is 0 Å². The molecule has 1 aromatic heterocycles. The van der Waals surface area contributed by atoms with E-state index in [4.69, 9.17) is 4.42 Å². The van der Waals surface area contributed by atoms with Crippen LogP contribution in [0.5, 0.6) is 0 Å². The highest BCUT2D eigenvalue weighted by atomic mass is 16.5. The number of esters is 1. The zero-order valence-electron chi connectivity index (χ0n) is 10.2. The lowest BCUT2D eigenvalue weighted by Gasteiger charge is -2.02. The van der Waals surface area contributed by atoms with Crippen molar-refractivity contribution in [2.45, 2.75) is 13.1 Å². The van der Waals surface area contributed by atoms with Crippen molar-refractivity contribution in [3.8, 4) is 0 Å². The zero-order chi connectivity index (χ0) is 12.8. The van der Waals surface area contributed by atoms with Crippen LogP contribution in [0, 0.1) is 0 Å². The highest BCUT2D eigenvalue weighted by Gasteiger charge is 2.10. The van der Waals surface area contributed by atoms with E-state index in [1.807, 2.05) is 18.2 Å². The summed E-state index contributed by atoms with van der Waals surface area (Å²) in [5.74, 6) is 0.490. The van der Waals surface area contributed by atoms with Crippen LogP contribution in [0.15, 0.2) is 46.9 Å². The summed E-state index contributed by atoms with van der Waals surface area (Å²) in [4.78, 5) is 11.2. The first-order valence-electron chi connectivity index (χ1n) is 5.71. The van der Waals surface area contributed by atoms with Crippen LogP contribution < -0.4 is 5.32 Å². The topological polar surface area (TPSA) is 51.5 Å². The molecule has 0 fully saturated rings. The van der Waals surface area contributed by atoms with Gasteiger partial charge < -0.3 is 14.5 Å². The van der Waals surface area contributed by atoms with Gasteiger partial charge in [-0.05, 0) is 17.7 Å². The molecule has 2 aromatic rings. The van der Waals surface area contributed by atoms with Gasteiger partial charge in [0.2, 0.25) is 5.76 Å². The van der Waals surface area contributed by atoms with E-state index in [0.29, 0.717) is 12.3 Å². The Kier molecular flexibility index (Phi) is 4.15. The zero-order valence-corrected chi connectivity index (χ0v) is 10.2. The largest absolute Gasteiger partial charge is 0.463 e. The summed E-state index contributed by atoms with van der Waals surface area (Å²) in [6, 6.07) is 13.5. The third-order valence-electron chi connectivity index (χ3n) is 2.52. The van der Waals surface area contributed by atoms with Gasteiger partial charge in [0.15, 0.2) is 0 Å². The SMILES string of the molecule is COC(=O)c1ccc(CNCc2ccccc2)o1. The lowest BCUT2D eigenvalue weighted by molar-refractivity contribution is 0.0563. The normalized spacial score (nSPS) is 10.3. The molecule has 1 heterocycles. The van der Waals surface area contributed by atoms with Crippen LogP contribution >= 0.6 is 0 Å². The molecule has 4 heteroatoms. The van der Waals surface area contributed by atoms with Crippen molar-refractivity contribution in [1.82, 2.24) is 5.32 Å². The minimum atomic E-state index is -0.454. The van der Waals surface area contributed by atoms with Crippen molar-refractivity contribution in [2.75, 3.05) is 7.11 Å². The van der Waals surface area contributed by atoms with Crippen molar-refractivity contribution >= 4 is 5.97 Å². The molecule has 0 aliphatic heterocycles. The molecule has 94 valence electrons. The summed E-state index contributed by atoms with van der Waals surface area (Å²) in [6.07, 6.45) is 0. The van der Waals surface area contributed by atoms with Gasteiger partial charge in [0.1, 0.15) is 5.76 Å². The van der Waals surface area contributed by atoms with Crippen molar-refractivity contribution < 1.29 is 13.9 Å². The van der Waals surface area contributed by atoms with Gasteiger partial charge in [-0.15, -0.1) is 0 Å². The average molecular weight is 245 g/mol. The second-order valence-corrected chi connectivity index (χ2v) is 3.85. The molecule has 0 bridgehead atoms. The van der Waals surface area contributed by atoms with E-state index in [9.17, 15) is 4.79 Å². The Balaban J connectivity index is 1.84. The highest BCUT2D eigenvalue weighted by molar-refractivity contribution is 5.86. The maximum absolute atomic E-state index is 11.2. The minimum absolute atomic E-state index is 0.231. The van der Waals surface area contributed by atoms with Gasteiger partial charge in [-0.25, -0.2) is 4.79 Å². The van der Waals surface area contributed by atoms with E-state index >= 15 is 0 Å². The van der Waals surface area contributed by atoms with Crippen LogP contribution in [0.3, 0.4) is 0 Å². The fourth-order valence-corrected chi connectivity index (χ4v) is 1.61. The minimum Gasteiger partial charge on any atom is -0.463 e. The molecule has 0 aliphatic carbocycles. The summed E-state index contributed by atoms with van der Waals surface area (Å²) in [6.45, 7) is 1.33. The molecule has 18 heavy (non-hydrogen) atoms. The lowest BCUT2D eigenvalue weighted by Crippen LogP contribution is -2.12. The number of methoxy groups -OCH3 is 1. The van der Waals surface area contributed by atoms with E-state index in [-0.39, 0.29) is 5.76 Å². The van der Waals surface area contributed by atoms with Crippen LogP contribution in [-0.2, 0) is 17.8 Å². The first kappa shape index (κ1) is 12.4. The van der Waals surface area contributed by atoms with Gasteiger partial charge in [0.05, 0.1) is 13.7 Å². The van der Waals surface area contributed by atoms with Crippen LogP contribution in [-0.4, -0.2) is 13.1 Å². The number of carbonyl (C=O) groups excluding carboxylic acids is 1. The van der Waals surface area contributed by atoms with Gasteiger partial charge in [-0.3, -0.25) is 0 Å². The van der Waals surface area contributed by atoms with Gasteiger partial charge in [-0.2, -0.15) is 0 Å². The van der Waals surface area contributed by atoms with E-state index in [1.165, 1.54) is 12.7 Å². The molecule has 0 saturated heterocycles. The maximum Gasteiger partial charge on any atom is 0.373 e. The smallest absolute Gasteiger partial charge is 0.373 e. The summed E-state index contributed by atoms with van der Waals surface area (Å²) in [5.41, 5.74) is 1.21. The lowest BCUT2D eigenvalue weighted by atomic mass is 10.2. The molecule has 0 amide bonds. The van der Waals surface area contributed by atoms with Crippen LogP contribution in [0.25, 0.3) is 0 Å². The van der Waals surface area contributed by atoms with Gasteiger partial charge in [0.25, 0.3) is 0 Å². The van der Waals surface area contributed by atoms with Crippen molar-refractivity contribution in [3.63, 3.8) is 0 Å². The number of hydrogen-bond acceptors (Lipinski definition) is 4. The molecular formula is C14H15NO3. The number of ether oxygens (including phenoxy) is 1. The number of rotatable bonds is 5. The van der Waals surface area contributed by atoms with Crippen molar-refractivity contribution in [1.29, 1.82) is 0 Å². The Morgan fingerprint density at radius 2 is 1.94 bits per heavy atom. The number of hydrogen-bond donors (Lipinski definition) is 1. The summed E-state index contributed by atoms with van der Waals surface area (Å²) in [5, 5.41) is 3.24. The van der Waals surface area contributed by atoms with Gasteiger partial charge in [0, 0.05) is 6.54 Å². The first-order valence-corrected chi connectivity index (χ1v) is 5.71. The Hall–Kier alpha value is -2.07. The molecule has 1 N–H and O–H groups in total. The quantitative estimate of drug-likeness (QED) is 0.821. The Bertz CT molecular complexity index is 505. The molecule has 0 atom stereocenters. The third-order valence-corrected chi connectivity index (χ3v) is 2.52. The third kappa shape index (κ3) is 3.21. The predicted molar refractivity (Wildman–Crippen MR) is 67.0 cm³/mol. The molecule has 4 nitrogen and oxygen atoms in total. The van der Waals surface area contributed by atoms with E-state index in [0.717, 1.165) is 6.54 Å². The Morgan fingerprint density at radius 3 is 2.67 bits per heavy atom. The second kappa shape index (κ2) is 6.02. The fourth-order valence-electron chi connectivity index (χ4n) is 1.61. The predicted octanol–water partition coefficient (Wildman–Crippen LogP) is 2.36. The molecular weight excluding hydrogens is 230 g/mol. The van der Waals surface area contributed by atoms with Crippen LogP contribution in [0.2, 0.25) is 0 Å². The molecule has 1 aromatic carbocycles. The molecule has 0 unspecified atom stereocenters. The monoisotopic (exact) mass is 245 g/mol. The molecule has 2 rings (SSSR count). The number of nitrogens with one attached hydrogen (secondary N) is 1. The van der Waals surface area contributed by atoms with Gasteiger partial charge >= 0.3 is 5.97 Å². The first-order chi connectivity index (χ1) is 8.79. The second-order valence-electron chi connectivity index (χ2n) is 3.85. The number of furan rings is 1. The molecule has 0 spiro atoms. The fraction of sp³-hybridized carbons (Fsp3) is 0.214. The Morgan fingerprint density at radius 1 is 1.17 bits per heavy atom. The van der Waals surface area contributed by atoms with Crippen LogP contribution in [0.4, 0.5) is 0 Å². The number of benzene rings is 1. The summed E-state index contributed by atoms with van der Waals surface area (Å²) in [7, 11) is 1.33. The summed E-state index contributed by atoms with van der Waals surface area (Å²) < 4.78 is 9.91. The molecule has 0 radical (unpaired) electrons. The van der Waals surface area contributed by atoms with Crippen molar-refractivity contribution in [3.05, 3.63) is 59.5 Å². The van der Waals surface area contributed by atoms with E-state index < -0.39 is 5.97 Å². The van der Waals surface area contributed by atoms with E-state index in [2.05, 4.69) is 22.2 Å². The van der Waals surface area contributed by atoms with Gasteiger partial charge in [-0.1, -0.05) is 30.3 Å².